The van der Waals surface area contributed by atoms with Crippen molar-refractivity contribution in [2.24, 2.45) is 0 Å². The van der Waals surface area contributed by atoms with Crippen LogP contribution in [0.5, 0.6) is 0 Å². The van der Waals surface area contributed by atoms with Crippen molar-refractivity contribution >= 4 is 27.4 Å². The van der Waals surface area contributed by atoms with Gasteiger partial charge in [0, 0.05) is 28.8 Å². The van der Waals surface area contributed by atoms with Crippen molar-refractivity contribution in [1.29, 1.82) is 5.26 Å². The van der Waals surface area contributed by atoms with Crippen molar-refractivity contribution < 1.29 is 4.79 Å². The Morgan fingerprint density at radius 1 is 1.53 bits per heavy atom. The van der Waals surface area contributed by atoms with E-state index in [-0.39, 0.29) is 5.78 Å². The molecule has 1 aromatic carbocycles. The van der Waals surface area contributed by atoms with Gasteiger partial charge in [-0.1, -0.05) is 0 Å². The lowest BCUT2D eigenvalue weighted by atomic mass is 10.1. The molecule has 0 saturated heterocycles. The maximum atomic E-state index is 11.3. The predicted molar refractivity (Wildman–Crippen MR) is 72.3 cm³/mol. The van der Waals surface area contributed by atoms with Crippen LogP contribution in [0, 0.1) is 11.3 Å². The number of anilines is 1. The molecular weight excluding hydrogens is 280 g/mol. The third kappa shape index (κ3) is 3.57. The van der Waals surface area contributed by atoms with Crippen LogP contribution in [0.15, 0.2) is 22.7 Å². The van der Waals surface area contributed by atoms with E-state index in [1.165, 1.54) is 0 Å². The smallest absolute Gasteiger partial charge is 0.160 e. The first-order chi connectivity index (χ1) is 8.10. The van der Waals surface area contributed by atoms with Gasteiger partial charge in [-0.2, -0.15) is 5.26 Å². The molecule has 0 saturated carbocycles. The molecule has 0 atom stereocenters. The van der Waals surface area contributed by atoms with Gasteiger partial charge in [0.05, 0.1) is 12.5 Å². The van der Waals surface area contributed by atoms with E-state index in [9.17, 15) is 4.79 Å². The highest BCUT2D eigenvalue weighted by atomic mass is 79.9. The van der Waals surface area contributed by atoms with E-state index in [0.29, 0.717) is 18.5 Å². The minimum atomic E-state index is 0.0449. The molecule has 0 fully saturated rings. The molecule has 0 N–H and O–H groups in total. The molecule has 0 heterocycles. The Labute approximate surface area is 110 Å². The summed E-state index contributed by atoms with van der Waals surface area (Å²) in [6, 6.07) is 7.80. The fourth-order valence-corrected chi connectivity index (χ4v) is 2.29. The highest BCUT2D eigenvalue weighted by Gasteiger charge is 2.09. The molecule has 1 rings (SSSR count). The molecule has 4 heteroatoms. The number of carbonyl (C=O) groups is 1. The Bertz CT molecular complexity index is 451. The minimum Gasteiger partial charge on any atom is -0.371 e. The Hall–Kier alpha value is -1.34. The first kappa shape index (κ1) is 13.7. The van der Waals surface area contributed by atoms with Crippen molar-refractivity contribution in [2.75, 3.05) is 18.0 Å². The van der Waals surface area contributed by atoms with Crippen LogP contribution in [-0.4, -0.2) is 18.9 Å². The summed E-state index contributed by atoms with van der Waals surface area (Å²) in [7, 11) is 0. The average molecular weight is 295 g/mol. The standard InChI is InChI=1S/C13H15BrN2O/c1-3-16(8-4-7-15)11-5-6-12(10(2)17)13(14)9-11/h5-6,9H,3-4,8H2,1-2H3. The molecule has 3 nitrogen and oxygen atoms in total. The summed E-state index contributed by atoms with van der Waals surface area (Å²) in [6.07, 6.45) is 0.500. The number of ketones is 1. The Morgan fingerprint density at radius 2 is 2.24 bits per heavy atom. The van der Waals surface area contributed by atoms with Crippen molar-refractivity contribution in [3.63, 3.8) is 0 Å². The number of rotatable bonds is 5. The Balaban J connectivity index is 2.95. The molecule has 0 unspecified atom stereocenters. The number of halogens is 1. The maximum absolute atomic E-state index is 11.3. The van der Waals surface area contributed by atoms with Gasteiger partial charge in [-0.15, -0.1) is 0 Å². The molecule has 90 valence electrons. The summed E-state index contributed by atoms with van der Waals surface area (Å²) >= 11 is 3.40. The topological polar surface area (TPSA) is 44.1 Å². The molecule has 0 aliphatic carbocycles. The van der Waals surface area contributed by atoms with Crippen LogP contribution in [0.3, 0.4) is 0 Å². The Kier molecular flexibility index (Phi) is 5.17. The van der Waals surface area contributed by atoms with Crippen LogP contribution in [0.25, 0.3) is 0 Å². The van der Waals surface area contributed by atoms with Gasteiger partial charge >= 0.3 is 0 Å². The first-order valence-corrected chi connectivity index (χ1v) is 6.31. The largest absolute Gasteiger partial charge is 0.371 e. The molecule has 1 aromatic rings. The van der Waals surface area contributed by atoms with E-state index < -0.39 is 0 Å². The molecule has 0 spiro atoms. The molecule has 0 aromatic heterocycles. The number of nitriles is 1. The van der Waals surface area contributed by atoms with E-state index >= 15 is 0 Å². The lowest BCUT2D eigenvalue weighted by molar-refractivity contribution is 0.101. The summed E-state index contributed by atoms with van der Waals surface area (Å²) in [5, 5.41) is 8.60. The molecule has 0 aliphatic rings. The number of nitrogens with zero attached hydrogens (tertiary/aromatic N) is 2. The monoisotopic (exact) mass is 294 g/mol. The zero-order chi connectivity index (χ0) is 12.8. The first-order valence-electron chi connectivity index (χ1n) is 5.52. The molecule has 17 heavy (non-hydrogen) atoms. The van der Waals surface area contributed by atoms with Gasteiger partial charge in [-0.3, -0.25) is 4.79 Å². The highest BCUT2D eigenvalue weighted by Crippen LogP contribution is 2.24. The van der Waals surface area contributed by atoms with E-state index in [2.05, 4.69) is 26.9 Å². The van der Waals surface area contributed by atoms with Gasteiger partial charge in [0.2, 0.25) is 0 Å². The molecule has 0 radical (unpaired) electrons. The zero-order valence-corrected chi connectivity index (χ0v) is 11.6. The number of Topliss-reactive ketones (excluding diaryl/α,β-unsaturated/α-hetero) is 1. The maximum Gasteiger partial charge on any atom is 0.160 e. The van der Waals surface area contributed by atoms with Crippen LogP contribution in [0.1, 0.15) is 30.6 Å². The van der Waals surface area contributed by atoms with Gasteiger partial charge in [-0.25, -0.2) is 0 Å². The summed E-state index contributed by atoms with van der Waals surface area (Å²) in [5.74, 6) is 0.0449. The van der Waals surface area contributed by atoms with Gasteiger partial charge in [-0.05, 0) is 48.0 Å². The second kappa shape index (κ2) is 6.41. The van der Waals surface area contributed by atoms with Crippen LogP contribution in [0.2, 0.25) is 0 Å². The number of hydrogen-bond donors (Lipinski definition) is 0. The van der Waals surface area contributed by atoms with Crippen molar-refractivity contribution in [1.82, 2.24) is 0 Å². The predicted octanol–water partition coefficient (Wildman–Crippen LogP) is 3.39. The second-order valence-corrected chi connectivity index (χ2v) is 4.56. The van der Waals surface area contributed by atoms with E-state index in [1.807, 2.05) is 25.1 Å². The number of hydrogen-bond acceptors (Lipinski definition) is 3. The fourth-order valence-electron chi connectivity index (χ4n) is 1.64. The summed E-state index contributed by atoms with van der Waals surface area (Å²) in [6.45, 7) is 5.14. The summed E-state index contributed by atoms with van der Waals surface area (Å²) in [5.41, 5.74) is 1.71. The third-order valence-corrected chi connectivity index (χ3v) is 3.23. The van der Waals surface area contributed by atoms with Gasteiger partial charge in [0.15, 0.2) is 5.78 Å². The van der Waals surface area contributed by atoms with Crippen molar-refractivity contribution in [2.45, 2.75) is 20.3 Å². The normalized spacial score (nSPS) is 9.76. The number of carbonyl (C=O) groups excluding carboxylic acids is 1. The fraction of sp³-hybridized carbons (Fsp3) is 0.385. The minimum absolute atomic E-state index is 0.0449. The lowest BCUT2D eigenvalue weighted by Gasteiger charge is -2.22. The quantitative estimate of drug-likeness (QED) is 0.782. The van der Waals surface area contributed by atoms with Crippen LogP contribution < -0.4 is 4.90 Å². The second-order valence-electron chi connectivity index (χ2n) is 3.71. The number of benzene rings is 1. The molecule has 0 aliphatic heterocycles. The lowest BCUT2D eigenvalue weighted by Crippen LogP contribution is -2.23. The highest BCUT2D eigenvalue weighted by molar-refractivity contribution is 9.10. The van der Waals surface area contributed by atoms with Gasteiger partial charge in [0.25, 0.3) is 0 Å². The van der Waals surface area contributed by atoms with E-state index in [4.69, 9.17) is 5.26 Å². The SMILES string of the molecule is CCN(CCC#N)c1ccc(C(C)=O)c(Br)c1. The summed E-state index contributed by atoms with van der Waals surface area (Å²) in [4.78, 5) is 13.4. The van der Waals surface area contributed by atoms with Gasteiger partial charge in [0.1, 0.15) is 0 Å². The van der Waals surface area contributed by atoms with Crippen molar-refractivity contribution in [3.8, 4) is 6.07 Å². The molecule has 0 amide bonds. The molecular formula is C13H15BrN2O. The van der Waals surface area contributed by atoms with Gasteiger partial charge < -0.3 is 4.90 Å². The average Bonchev–Trinajstić information content (AvgIpc) is 2.29. The Morgan fingerprint density at radius 3 is 2.71 bits per heavy atom. The van der Waals surface area contributed by atoms with Crippen molar-refractivity contribution in [3.05, 3.63) is 28.2 Å². The third-order valence-electron chi connectivity index (χ3n) is 2.57. The molecule has 0 bridgehead atoms. The zero-order valence-electron chi connectivity index (χ0n) is 10.0. The van der Waals surface area contributed by atoms with Crippen LogP contribution >= 0.6 is 15.9 Å². The van der Waals surface area contributed by atoms with Crippen LogP contribution in [-0.2, 0) is 0 Å². The van der Waals surface area contributed by atoms with Crippen LogP contribution in [0.4, 0.5) is 5.69 Å². The van der Waals surface area contributed by atoms with E-state index in [1.54, 1.807) is 6.92 Å². The van der Waals surface area contributed by atoms with E-state index in [0.717, 1.165) is 16.7 Å². The summed E-state index contributed by atoms with van der Waals surface area (Å²) < 4.78 is 0.804.